The molecule has 15 nitrogen and oxygen atoms in total. The molecular weight excluding hydrogens is 716 g/mol. The fourth-order valence-corrected chi connectivity index (χ4v) is 8.83. The van der Waals surface area contributed by atoms with Crippen molar-refractivity contribution in [2.75, 3.05) is 69.6 Å². The molecule has 0 radical (unpaired) electrons. The number of carbonyl (C=O) groups excluding carboxylic acids is 2. The molecule has 3 aromatic rings. The van der Waals surface area contributed by atoms with Crippen LogP contribution < -0.4 is 21.3 Å². The SMILES string of the molecule is CN(CCC(=O)NC=O)c1nn(C)c2cc(C3CCN(C/C(C=NC4CCN(S(=O)N5CCC(Nc6ncc(Cl)cn6)CC5)CC4)=C/N)CC3)ccc12. The Hall–Kier alpha value is -3.96. The smallest absolute Gasteiger partial charge is 0.228 e. The molecule has 6 rings (SSSR count). The molecule has 3 aliphatic heterocycles. The van der Waals surface area contributed by atoms with Crippen LogP contribution in [0.5, 0.6) is 0 Å². The van der Waals surface area contributed by atoms with Crippen LogP contribution in [0.15, 0.2) is 47.4 Å². The number of hydrogen-bond donors (Lipinski definition) is 3. The van der Waals surface area contributed by atoms with E-state index in [1.807, 2.05) is 29.9 Å². The van der Waals surface area contributed by atoms with E-state index in [1.165, 1.54) is 5.56 Å². The molecule has 0 saturated carbocycles. The first-order chi connectivity index (χ1) is 25.7. The number of nitrogens with zero attached hydrogens (tertiary/aromatic N) is 9. The highest BCUT2D eigenvalue weighted by molar-refractivity contribution is 7.80. The summed E-state index contributed by atoms with van der Waals surface area (Å²) in [6.07, 6.45) is 13.0. The van der Waals surface area contributed by atoms with Crippen LogP contribution in [-0.4, -0.2) is 127 Å². The lowest BCUT2D eigenvalue weighted by atomic mass is 9.89. The van der Waals surface area contributed by atoms with Gasteiger partial charge in [0.05, 0.1) is 29.0 Å². The van der Waals surface area contributed by atoms with Crippen LogP contribution in [0.2, 0.25) is 5.02 Å². The molecule has 2 aromatic heterocycles. The Morgan fingerprint density at radius 2 is 1.74 bits per heavy atom. The van der Waals surface area contributed by atoms with E-state index in [9.17, 15) is 13.8 Å². The van der Waals surface area contributed by atoms with Gasteiger partial charge in [-0.05, 0) is 87.0 Å². The average Bonchev–Trinajstić information content (AvgIpc) is 3.52. The normalized spacial score (nSPS) is 19.9. The second kappa shape index (κ2) is 18.4. The minimum Gasteiger partial charge on any atom is -0.404 e. The molecule has 3 fully saturated rings. The van der Waals surface area contributed by atoms with Gasteiger partial charge in [0.25, 0.3) is 0 Å². The molecular formula is C36H51ClN12O3S. The van der Waals surface area contributed by atoms with E-state index in [4.69, 9.17) is 27.4 Å². The minimum atomic E-state index is -1.15. The van der Waals surface area contributed by atoms with Crippen LogP contribution in [0.4, 0.5) is 11.8 Å². The van der Waals surface area contributed by atoms with Gasteiger partial charge in [-0.25, -0.2) is 22.8 Å². The van der Waals surface area contributed by atoms with Crippen molar-refractivity contribution in [1.82, 2.24) is 38.6 Å². The number of imide groups is 1. The number of aromatic nitrogens is 4. The number of aliphatic imine (C=N–C) groups is 1. The van der Waals surface area contributed by atoms with Crippen molar-refractivity contribution in [3.63, 3.8) is 0 Å². The molecule has 286 valence electrons. The fourth-order valence-electron chi connectivity index (χ4n) is 7.36. The highest BCUT2D eigenvalue weighted by Crippen LogP contribution is 2.33. The van der Waals surface area contributed by atoms with Crippen LogP contribution in [0.1, 0.15) is 56.4 Å². The van der Waals surface area contributed by atoms with Gasteiger partial charge in [-0.15, -0.1) is 0 Å². The number of amides is 2. The van der Waals surface area contributed by atoms with Gasteiger partial charge in [0.2, 0.25) is 18.3 Å². The minimum absolute atomic E-state index is 0.197. The van der Waals surface area contributed by atoms with Crippen molar-refractivity contribution in [2.45, 2.75) is 62.9 Å². The summed E-state index contributed by atoms with van der Waals surface area (Å²) in [5.74, 6) is 1.54. The van der Waals surface area contributed by atoms with Crippen LogP contribution in [0.3, 0.4) is 0 Å². The molecule has 3 saturated heterocycles. The fraction of sp³-hybridized carbons (Fsp3) is 0.556. The first-order valence-corrected chi connectivity index (χ1v) is 19.9. The number of nitrogens with one attached hydrogen (secondary N) is 2. The molecule has 5 heterocycles. The zero-order chi connectivity index (χ0) is 37.3. The summed E-state index contributed by atoms with van der Waals surface area (Å²) in [4.78, 5) is 40.1. The number of fused-ring (bicyclic) bond motifs is 1. The molecule has 0 spiro atoms. The van der Waals surface area contributed by atoms with Gasteiger partial charge in [-0.1, -0.05) is 17.7 Å². The second-order valence-corrected chi connectivity index (χ2v) is 16.0. The number of likely N-dealkylation sites (tertiary alicyclic amines) is 1. The van der Waals surface area contributed by atoms with Gasteiger partial charge in [0.15, 0.2) is 17.0 Å². The van der Waals surface area contributed by atoms with E-state index < -0.39 is 11.2 Å². The predicted octanol–water partition coefficient (Wildman–Crippen LogP) is 2.83. The summed E-state index contributed by atoms with van der Waals surface area (Å²) in [5.41, 5.74) is 9.46. The number of benzene rings is 1. The van der Waals surface area contributed by atoms with Crippen LogP contribution >= 0.6 is 11.6 Å². The number of nitrogens with two attached hydrogens (primary N) is 1. The summed E-state index contributed by atoms with van der Waals surface area (Å²) in [7, 11) is 3.86. The molecule has 2 amide bonds. The molecule has 3 aliphatic rings. The topological polar surface area (TPSA) is 170 Å². The molecule has 4 N–H and O–H groups in total. The Morgan fingerprint density at radius 1 is 1.06 bits per heavy atom. The highest BCUT2D eigenvalue weighted by Gasteiger charge is 2.30. The van der Waals surface area contributed by atoms with Gasteiger partial charge < -0.3 is 16.0 Å². The van der Waals surface area contributed by atoms with Crippen molar-refractivity contribution in [2.24, 2.45) is 17.8 Å². The highest BCUT2D eigenvalue weighted by atomic mass is 35.5. The van der Waals surface area contributed by atoms with Crippen LogP contribution in [0, 0.1) is 0 Å². The van der Waals surface area contributed by atoms with Gasteiger partial charge >= 0.3 is 0 Å². The van der Waals surface area contributed by atoms with Crippen molar-refractivity contribution in [3.8, 4) is 0 Å². The van der Waals surface area contributed by atoms with Crippen molar-refractivity contribution < 1.29 is 13.8 Å². The maximum Gasteiger partial charge on any atom is 0.228 e. The van der Waals surface area contributed by atoms with Crippen molar-refractivity contribution in [1.29, 1.82) is 0 Å². The molecule has 1 unspecified atom stereocenters. The number of rotatable bonds is 14. The maximum atomic E-state index is 13.4. The lowest BCUT2D eigenvalue weighted by molar-refractivity contribution is -0.125. The molecule has 0 bridgehead atoms. The number of halogens is 1. The maximum absolute atomic E-state index is 13.4. The molecule has 17 heteroatoms. The Balaban J connectivity index is 0.917. The van der Waals surface area contributed by atoms with Crippen molar-refractivity contribution in [3.05, 3.63) is 53.0 Å². The van der Waals surface area contributed by atoms with E-state index in [0.29, 0.717) is 29.8 Å². The van der Waals surface area contributed by atoms with Crippen LogP contribution in [0.25, 0.3) is 10.9 Å². The van der Waals surface area contributed by atoms with Gasteiger partial charge in [0.1, 0.15) is 0 Å². The standard InChI is InChI=1S/C36H51ClN12O3S/c1-45(12-11-34(51)42-25-50)35-32-4-3-28(19-33(32)46(2)44-35)27-5-13-47(14-6-27)24-26(20-38)21-39-30-7-15-48(16-8-30)53(52)49-17-9-31(10-18-49)43-36-40-22-29(37)23-41-36/h3-4,19-23,25,27,30-31H,5-18,24,38H2,1-2H3,(H,40,41,43)(H,42,50,51)/b26-20+,39-21?. The summed E-state index contributed by atoms with van der Waals surface area (Å²) >= 11 is 4.74. The van der Waals surface area contributed by atoms with Gasteiger partial charge in [-0.3, -0.25) is 29.5 Å². The van der Waals surface area contributed by atoms with Gasteiger partial charge in [-0.2, -0.15) is 5.10 Å². The lowest BCUT2D eigenvalue weighted by Gasteiger charge is -2.36. The molecule has 1 atom stereocenters. The van der Waals surface area contributed by atoms with Gasteiger partial charge in [0, 0.05) is 77.4 Å². The number of hydrogen-bond acceptors (Lipinski definition) is 11. The lowest BCUT2D eigenvalue weighted by Crippen LogP contribution is -2.47. The third-order valence-electron chi connectivity index (χ3n) is 10.5. The predicted molar refractivity (Wildman–Crippen MR) is 210 cm³/mol. The van der Waals surface area contributed by atoms with E-state index in [0.717, 1.165) is 107 Å². The first-order valence-electron chi connectivity index (χ1n) is 18.4. The Labute approximate surface area is 318 Å². The zero-order valence-corrected chi connectivity index (χ0v) is 32.1. The van der Waals surface area contributed by atoms with Crippen molar-refractivity contribution >= 4 is 64.0 Å². The first kappa shape index (κ1) is 38.8. The zero-order valence-electron chi connectivity index (χ0n) is 30.6. The van der Waals surface area contributed by atoms with E-state index in [-0.39, 0.29) is 24.4 Å². The monoisotopic (exact) mass is 766 g/mol. The summed E-state index contributed by atoms with van der Waals surface area (Å²) < 4.78 is 19.4. The Kier molecular flexibility index (Phi) is 13.4. The number of carbonyl (C=O) groups is 2. The molecule has 0 aliphatic carbocycles. The summed E-state index contributed by atoms with van der Waals surface area (Å²) in [6.45, 7) is 6.20. The summed E-state index contributed by atoms with van der Waals surface area (Å²) in [6, 6.07) is 7.03. The largest absolute Gasteiger partial charge is 0.404 e. The van der Waals surface area contributed by atoms with E-state index >= 15 is 0 Å². The molecule has 1 aromatic carbocycles. The van der Waals surface area contributed by atoms with E-state index in [2.05, 4.69) is 52.3 Å². The number of piperidine rings is 3. The number of aryl methyl sites for hydroxylation is 1. The third kappa shape index (κ3) is 10.2. The summed E-state index contributed by atoms with van der Waals surface area (Å²) in [5, 5.41) is 11.8. The van der Waals surface area contributed by atoms with Crippen LogP contribution in [-0.2, 0) is 27.8 Å². The average molecular weight is 767 g/mol. The Bertz CT molecular complexity index is 1780. The number of anilines is 2. The quantitative estimate of drug-likeness (QED) is 0.164. The molecule has 53 heavy (non-hydrogen) atoms. The Morgan fingerprint density at radius 3 is 2.40 bits per heavy atom. The third-order valence-corrected chi connectivity index (χ3v) is 12.3. The van der Waals surface area contributed by atoms with E-state index in [1.54, 1.807) is 18.6 Å². The second-order valence-electron chi connectivity index (χ2n) is 14.1.